The summed E-state index contributed by atoms with van der Waals surface area (Å²) in [6, 6.07) is 8.00. The maximum Gasteiger partial charge on any atom is 0.273 e. The van der Waals surface area contributed by atoms with E-state index < -0.39 is 0 Å². The van der Waals surface area contributed by atoms with Crippen molar-refractivity contribution in [2.75, 3.05) is 49.1 Å². The SMILES string of the molecule is C[C@H]1CCCN(C(=O)c2csc(N3CCN(c4cccc(Cl)c4)CC3)n2)C1. The van der Waals surface area contributed by atoms with Crippen LogP contribution in [0.2, 0.25) is 5.02 Å². The predicted octanol–water partition coefficient (Wildman–Crippen LogP) is 4.00. The molecule has 2 aliphatic rings. The topological polar surface area (TPSA) is 39.7 Å². The zero-order valence-corrected chi connectivity index (χ0v) is 17.2. The molecule has 1 amide bonds. The lowest BCUT2D eigenvalue weighted by Crippen LogP contribution is -2.46. The van der Waals surface area contributed by atoms with Crippen LogP contribution in [-0.4, -0.2) is 55.1 Å². The molecule has 3 heterocycles. The second-order valence-corrected chi connectivity index (χ2v) is 8.74. The Morgan fingerprint density at radius 3 is 2.70 bits per heavy atom. The fraction of sp³-hybridized carbons (Fsp3) is 0.500. The first-order chi connectivity index (χ1) is 13.1. The van der Waals surface area contributed by atoms with Gasteiger partial charge in [0.1, 0.15) is 5.69 Å². The largest absolute Gasteiger partial charge is 0.368 e. The minimum absolute atomic E-state index is 0.0848. The highest BCUT2D eigenvalue weighted by molar-refractivity contribution is 7.13. The number of carbonyl (C=O) groups is 1. The number of nitrogens with zero attached hydrogens (tertiary/aromatic N) is 4. The average Bonchev–Trinajstić information content (AvgIpc) is 3.18. The van der Waals surface area contributed by atoms with Crippen molar-refractivity contribution in [3.05, 3.63) is 40.4 Å². The van der Waals surface area contributed by atoms with Gasteiger partial charge in [-0.25, -0.2) is 4.98 Å². The highest BCUT2D eigenvalue weighted by Crippen LogP contribution is 2.26. The Balaban J connectivity index is 1.37. The lowest BCUT2D eigenvalue weighted by atomic mass is 10.0. The lowest BCUT2D eigenvalue weighted by Gasteiger charge is -2.36. The minimum atomic E-state index is 0.0848. The Labute approximate surface area is 169 Å². The molecule has 144 valence electrons. The lowest BCUT2D eigenvalue weighted by molar-refractivity contribution is 0.0678. The van der Waals surface area contributed by atoms with Gasteiger partial charge in [-0.1, -0.05) is 24.6 Å². The van der Waals surface area contributed by atoms with Crippen LogP contribution in [0.15, 0.2) is 29.6 Å². The number of piperidine rings is 1. The van der Waals surface area contributed by atoms with E-state index in [1.54, 1.807) is 11.3 Å². The standard InChI is InChI=1S/C20H25ClN4OS/c1-15-4-3-7-25(13-15)19(26)18-14-27-20(22-18)24-10-8-23(9-11-24)17-6-2-5-16(21)12-17/h2,5-6,12,14-15H,3-4,7-11,13H2,1H3/t15-/m0/s1. The molecule has 0 spiro atoms. The van der Waals surface area contributed by atoms with Gasteiger partial charge >= 0.3 is 0 Å². The molecule has 1 aromatic carbocycles. The van der Waals surface area contributed by atoms with Crippen molar-refractivity contribution in [1.82, 2.24) is 9.88 Å². The smallest absolute Gasteiger partial charge is 0.273 e. The number of halogens is 1. The summed E-state index contributed by atoms with van der Waals surface area (Å²) in [6.07, 6.45) is 2.30. The molecule has 2 saturated heterocycles. The van der Waals surface area contributed by atoms with E-state index in [9.17, 15) is 4.79 Å². The number of likely N-dealkylation sites (tertiary alicyclic amines) is 1. The van der Waals surface area contributed by atoms with Crippen LogP contribution in [0.25, 0.3) is 0 Å². The number of carbonyl (C=O) groups excluding carboxylic acids is 1. The van der Waals surface area contributed by atoms with Gasteiger partial charge < -0.3 is 14.7 Å². The molecule has 0 aliphatic carbocycles. The zero-order valence-electron chi connectivity index (χ0n) is 15.6. The predicted molar refractivity (Wildman–Crippen MR) is 112 cm³/mol. The highest BCUT2D eigenvalue weighted by atomic mass is 35.5. The second kappa shape index (κ2) is 8.07. The van der Waals surface area contributed by atoms with Gasteiger partial charge in [0, 0.05) is 55.4 Å². The van der Waals surface area contributed by atoms with E-state index in [1.165, 1.54) is 6.42 Å². The normalized spacial score (nSPS) is 20.8. The molecule has 27 heavy (non-hydrogen) atoms. The molecule has 1 aromatic heterocycles. The Bertz CT molecular complexity index is 803. The first-order valence-corrected chi connectivity index (χ1v) is 10.9. The van der Waals surface area contributed by atoms with Crippen LogP contribution in [0.3, 0.4) is 0 Å². The van der Waals surface area contributed by atoms with Gasteiger partial charge in [0.15, 0.2) is 5.13 Å². The molecule has 2 aromatic rings. The number of benzene rings is 1. The van der Waals surface area contributed by atoms with E-state index >= 15 is 0 Å². The van der Waals surface area contributed by atoms with Crippen LogP contribution in [0.4, 0.5) is 10.8 Å². The number of amides is 1. The third kappa shape index (κ3) is 4.22. The quantitative estimate of drug-likeness (QED) is 0.775. The zero-order chi connectivity index (χ0) is 18.8. The molecule has 5 nitrogen and oxygen atoms in total. The van der Waals surface area contributed by atoms with E-state index in [2.05, 4.69) is 27.8 Å². The van der Waals surface area contributed by atoms with Crippen LogP contribution in [-0.2, 0) is 0 Å². The van der Waals surface area contributed by atoms with Gasteiger partial charge in [-0.3, -0.25) is 4.79 Å². The second-order valence-electron chi connectivity index (χ2n) is 7.47. The minimum Gasteiger partial charge on any atom is -0.368 e. The number of aromatic nitrogens is 1. The van der Waals surface area contributed by atoms with Crippen molar-refractivity contribution in [1.29, 1.82) is 0 Å². The summed E-state index contributed by atoms with van der Waals surface area (Å²) in [4.78, 5) is 24.0. The van der Waals surface area contributed by atoms with Gasteiger partial charge in [0.25, 0.3) is 5.91 Å². The van der Waals surface area contributed by atoms with Crippen LogP contribution in [0.5, 0.6) is 0 Å². The van der Waals surface area contributed by atoms with Crippen molar-refractivity contribution in [2.45, 2.75) is 19.8 Å². The van der Waals surface area contributed by atoms with E-state index in [1.807, 2.05) is 28.5 Å². The molecule has 2 fully saturated rings. The monoisotopic (exact) mass is 404 g/mol. The summed E-state index contributed by atoms with van der Waals surface area (Å²) in [6.45, 7) is 7.56. The molecular weight excluding hydrogens is 380 g/mol. The Morgan fingerprint density at radius 2 is 1.96 bits per heavy atom. The number of rotatable bonds is 3. The molecule has 0 unspecified atom stereocenters. The van der Waals surface area contributed by atoms with E-state index in [-0.39, 0.29) is 5.91 Å². The molecule has 2 aliphatic heterocycles. The van der Waals surface area contributed by atoms with Gasteiger partial charge in [0.05, 0.1) is 0 Å². The first kappa shape index (κ1) is 18.6. The van der Waals surface area contributed by atoms with E-state index in [0.717, 1.165) is 61.5 Å². The van der Waals surface area contributed by atoms with Crippen LogP contribution >= 0.6 is 22.9 Å². The molecule has 7 heteroatoms. The van der Waals surface area contributed by atoms with Gasteiger partial charge in [-0.05, 0) is 37.0 Å². The highest BCUT2D eigenvalue weighted by Gasteiger charge is 2.25. The summed E-state index contributed by atoms with van der Waals surface area (Å²) in [5.74, 6) is 0.669. The molecule has 0 saturated carbocycles. The summed E-state index contributed by atoms with van der Waals surface area (Å²) in [5, 5.41) is 3.64. The van der Waals surface area contributed by atoms with Gasteiger partial charge in [-0.2, -0.15) is 0 Å². The van der Waals surface area contributed by atoms with E-state index in [0.29, 0.717) is 11.6 Å². The fourth-order valence-corrected chi connectivity index (χ4v) is 4.91. The number of anilines is 2. The third-order valence-electron chi connectivity index (χ3n) is 5.38. The first-order valence-electron chi connectivity index (χ1n) is 9.60. The van der Waals surface area contributed by atoms with Crippen molar-refractivity contribution < 1.29 is 4.79 Å². The number of piperazine rings is 1. The van der Waals surface area contributed by atoms with E-state index in [4.69, 9.17) is 11.6 Å². The maximum atomic E-state index is 12.7. The van der Waals surface area contributed by atoms with Crippen molar-refractivity contribution >= 4 is 39.7 Å². The molecule has 0 bridgehead atoms. The van der Waals surface area contributed by atoms with Crippen molar-refractivity contribution in [3.63, 3.8) is 0 Å². The maximum absolute atomic E-state index is 12.7. The van der Waals surface area contributed by atoms with Gasteiger partial charge in [-0.15, -0.1) is 11.3 Å². The van der Waals surface area contributed by atoms with Crippen LogP contribution < -0.4 is 9.80 Å². The average molecular weight is 405 g/mol. The third-order valence-corrected chi connectivity index (χ3v) is 6.52. The molecule has 0 N–H and O–H groups in total. The van der Waals surface area contributed by atoms with Crippen LogP contribution in [0, 0.1) is 5.92 Å². The fourth-order valence-electron chi connectivity index (χ4n) is 3.87. The number of hydrogen-bond acceptors (Lipinski definition) is 5. The van der Waals surface area contributed by atoms with Crippen LogP contribution in [0.1, 0.15) is 30.3 Å². The molecule has 0 radical (unpaired) electrons. The number of thiazole rings is 1. The summed E-state index contributed by atoms with van der Waals surface area (Å²) in [5.41, 5.74) is 1.76. The Morgan fingerprint density at radius 1 is 1.19 bits per heavy atom. The molecular formula is C20H25ClN4OS. The summed E-state index contributed by atoms with van der Waals surface area (Å²) in [7, 11) is 0. The van der Waals surface area contributed by atoms with Crippen molar-refractivity contribution in [2.24, 2.45) is 5.92 Å². The summed E-state index contributed by atoms with van der Waals surface area (Å²) < 4.78 is 0. The molecule has 1 atom stereocenters. The van der Waals surface area contributed by atoms with Gasteiger partial charge in [0.2, 0.25) is 0 Å². The number of hydrogen-bond donors (Lipinski definition) is 0. The Hall–Kier alpha value is -1.79. The summed E-state index contributed by atoms with van der Waals surface area (Å²) >= 11 is 7.69. The molecule has 4 rings (SSSR count). The Kier molecular flexibility index (Phi) is 5.55. The van der Waals surface area contributed by atoms with Crippen molar-refractivity contribution in [3.8, 4) is 0 Å².